The highest BCUT2D eigenvalue weighted by Crippen LogP contribution is 2.21. The van der Waals surface area contributed by atoms with Gasteiger partial charge in [-0.3, -0.25) is 14.5 Å². The summed E-state index contributed by atoms with van der Waals surface area (Å²) < 4.78 is 5.13. The molecule has 0 saturated carbocycles. The van der Waals surface area contributed by atoms with Gasteiger partial charge >= 0.3 is 0 Å². The Labute approximate surface area is 125 Å². The lowest BCUT2D eigenvalue weighted by atomic mass is 10.1. The Kier molecular flexibility index (Phi) is 5.33. The van der Waals surface area contributed by atoms with Crippen LogP contribution in [0.15, 0.2) is 24.3 Å². The van der Waals surface area contributed by atoms with E-state index in [0.29, 0.717) is 18.7 Å². The number of nitrogens with zero attached hydrogens (tertiary/aromatic N) is 1. The number of Topliss-reactive ketones (excluding diaryl/α,β-unsaturated/α-hetero) is 1. The molecule has 1 unspecified atom stereocenters. The number of rotatable bonds is 6. The molecule has 0 aromatic heterocycles. The Morgan fingerprint density at radius 3 is 2.95 bits per heavy atom. The van der Waals surface area contributed by atoms with Gasteiger partial charge in [-0.2, -0.15) is 0 Å². The summed E-state index contributed by atoms with van der Waals surface area (Å²) in [5, 5.41) is 2.87. The van der Waals surface area contributed by atoms with Gasteiger partial charge in [-0.15, -0.1) is 0 Å². The van der Waals surface area contributed by atoms with Crippen LogP contribution in [0.1, 0.15) is 26.2 Å². The summed E-state index contributed by atoms with van der Waals surface area (Å²) in [5.41, 5.74) is 0.724. The Hall–Kier alpha value is -1.88. The van der Waals surface area contributed by atoms with E-state index < -0.39 is 0 Å². The van der Waals surface area contributed by atoms with Gasteiger partial charge < -0.3 is 10.1 Å². The smallest absolute Gasteiger partial charge is 0.238 e. The molecule has 114 valence electrons. The molecule has 5 nitrogen and oxygen atoms in total. The molecule has 1 N–H and O–H groups in total. The molecule has 1 heterocycles. The Morgan fingerprint density at radius 1 is 1.43 bits per heavy atom. The molecular weight excluding hydrogens is 268 g/mol. The minimum atomic E-state index is -0.0568. The van der Waals surface area contributed by atoms with Crippen molar-refractivity contribution < 1.29 is 14.3 Å². The minimum Gasteiger partial charge on any atom is -0.497 e. The number of carbonyl (C=O) groups is 2. The number of carbonyl (C=O) groups excluding carboxylic acids is 2. The summed E-state index contributed by atoms with van der Waals surface area (Å²) >= 11 is 0. The number of amides is 1. The highest BCUT2D eigenvalue weighted by Gasteiger charge is 2.27. The van der Waals surface area contributed by atoms with Crippen LogP contribution in [0, 0.1) is 0 Å². The summed E-state index contributed by atoms with van der Waals surface area (Å²) in [4.78, 5) is 25.5. The number of methoxy groups -OCH3 is 1. The molecule has 0 bridgehead atoms. The third-order valence-corrected chi connectivity index (χ3v) is 3.72. The van der Waals surface area contributed by atoms with E-state index in [1.54, 1.807) is 20.1 Å². The molecule has 0 aliphatic carbocycles. The summed E-state index contributed by atoms with van der Waals surface area (Å²) in [7, 11) is 1.59. The van der Waals surface area contributed by atoms with Crippen LogP contribution < -0.4 is 10.1 Å². The first-order valence-electron chi connectivity index (χ1n) is 7.26. The van der Waals surface area contributed by atoms with Crippen molar-refractivity contribution in [2.24, 2.45) is 0 Å². The molecule has 1 aromatic carbocycles. The molecule has 1 aliphatic rings. The van der Waals surface area contributed by atoms with Gasteiger partial charge in [0.2, 0.25) is 5.91 Å². The van der Waals surface area contributed by atoms with Crippen molar-refractivity contribution in [2.75, 3.05) is 25.5 Å². The van der Waals surface area contributed by atoms with E-state index in [2.05, 4.69) is 10.2 Å². The largest absolute Gasteiger partial charge is 0.497 e. The number of hydrogen-bond donors (Lipinski definition) is 1. The molecule has 0 spiro atoms. The first-order valence-corrected chi connectivity index (χ1v) is 7.26. The number of likely N-dealkylation sites (tertiary alicyclic amines) is 1. The van der Waals surface area contributed by atoms with Gasteiger partial charge in [-0.05, 0) is 38.4 Å². The van der Waals surface area contributed by atoms with Crippen LogP contribution in [0.3, 0.4) is 0 Å². The fourth-order valence-electron chi connectivity index (χ4n) is 2.75. The van der Waals surface area contributed by atoms with Crippen molar-refractivity contribution in [3.05, 3.63) is 24.3 Å². The first-order chi connectivity index (χ1) is 10.1. The van der Waals surface area contributed by atoms with E-state index in [-0.39, 0.29) is 17.7 Å². The zero-order valence-corrected chi connectivity index (χ0v) is 12.6. The van der Waals surface area contributed by atoms with Crippen LogP contribution >= 0.6 is 0 Å². The zero-order chi connectivity index (χ0) is 15.2. The second-order valence-corrected chi connectivity index (χ2v) is 5.45. The predicted octanol–water partition coefficient (Wildman–Crippen LogP) is 2.08. The minimum absolute atomic E-state index is 0.0568. The Bertz CT molecular complexity index is 516. The second kappa shape index (κ2) is 7.22. The molecule has 1 amide bonds. The number of nitrogens with one attached hydrogen (secondary N) is 1. The maximum Gasteiger partial charge on any atom is 0.238 e. The second-order valence-electron chi connectivity index (χ2n) is 5.45. The van der Waals surface area contributed by atoms with Crippen molar-refractivity contribution in [3.63, 3.8) is 0 Å². The number of benzene rings is 1. The van der Waals surface area contributed by atoms with Crippen LogP contribution in [-0.2, 0) is 9.59 Å². The maximum atomic E-state index is 12.1. The van der Waals surface area contributed by atoms with Gasteiger partial charge in [0.15, 0.2) is 0 Å². The predicted molar refractivity (Wildman–Crippen MR) is 81.5 cm³/mol. The molecule has 21 heavy (non-hydrogen) atoms. The van der Waals surface area contributed by atoms with E-state index in [1.807, 2.05) is 18.2 Å². The maximum absolute atomic E-state index is 12.1. The average Bonchev–Trinajstić information content (AvgIpc) is 2.85. The normalized spacial score (nSPS) is 18.5. The van der Waals surface area contributed by atoms with Crippen molar-refractivity contribution >= 4 is 17.4 Å². The van der Waals surface area contributed by atoms with Crippen molar-refractivity contribution in [3.8, 4) is 5.75 Å². The van der Waals surface area contributed by atoms with E-state index in [1.165, 1.54) is 0 Å². The van der Waals surface area contributed by atoms with Gasteiger partial charge in [-0.1, -0.05) is 6.07 Å². The lowest BCUT2D eigenvalue weighted by molar-refractivity contribution is -0.120. The topological polar surface area (TPSA) is 58.6 Å². The van der Waals surface area contributed by atoms with E-state index in [9.17, 15) is 9.59 Å². The van der Waals surface area contributed by atoms with Gasteiger partial charge in [0.05, 0.1) is 13.7 Å². The fraction of sp³-hybridized carbons (Fsp3) is 0.500. The van der Waals surface area contributed by atoms with Crippen molar-refractivity contribution in [1.82, 2.24) is 4.90 Å². The summed E-state index contributed by atoms with van der Waals surface area (Å²) in [6.45, 7) is 2.81. The monoisotopic (exact) mass is 290 g/mol. The van der Waals surface area contributed by atoms with Gasteiger partial charge in [0, 0.05) is 24.2 Å². The van der Waals surface area contributed by atoms with E-state index in [4.69, 9.17) is 4.74 Å². The van der Waals surface area contributed by atoms with Crippen LogP contribution in [0.2, 0.25) is 0 Å². The molecule has 1 aliphatic heterocycles. The first kappa shape index (κ1) is 15.5. The molecule has 1 saturated heterocycles. The van der Waals surface area contributed by atoms with Crippen LogP contribution in [0.25, 0.3) is 0 Å². The summed E-state index contributed by atoms with van der Waals surface area (Å²) in [6, 6.07) is 7.49. The van der Waals surface area contributed by atoms with Crippen LogP contribution in [-0.4, -0.2) is 42.8 Å². The highest BCUT2D eigenvalue weighted by atomic mass is 16.5. The fourth-order valence-corrected chi connectivity index (χ4v) is 2.75. The van der Waals surface area contributed by atoms with Crippen LogP contribution in [0.4, 0.5) is 5.69 Å². The summed E-state index contributed by atoms with van der Waals surface area (Å²) in [6.07, 6.45) is 2.57. The molecule has 1 fully saturated rings. The lowest BCUT2D eigenvalue weighted by Gasteiger charge is -2.22. The third kappa shape index (κ3) is 4.56. The Balaban J connectivity index is 1.90. The quantitative estimate of drug-likeness (QED) is 0.871. The lowest BCUT2D eigenvalue weighted by Crippen LogP contribution is -2.37. The van der Waals surface area contributed by atoms with Gasteiger partial charge in [-0.25, -0.2) is 0 Å². The van der Waals surface area contributed by atoms with E-state index >= 15 is 0 Å². The average molecular weight is 290 g/mol. The highest BCUT2D eigenvalue weighted by molar-refractivity contribution is 5.92. The molecule has 1 aromatic rings. The van der Waals surface area contributed by atoms with Gasteiger partial charge in [0.1, 0.15) is 11.5 Å². The SMILES string of the molecule is COc1cccc(NC(=O)CN2CCCC2CC(C)=O)c1. The number of hydrogen-bond acceptors (Lipinski definition) is 4. The third-order valence-electron chi connectivity index (χ3n) is 3.72. The Morgan fingerprint density at radius 2 is 2.24 bits per heavy atom. The molecule has 0 radical (unpaired) electrons. The zero-order valence-electron chi connectivity index (χ0n) is 12.6. The van der Waals surface area contributed by atoms with Crippen LogP contribution in [0.5, 0.6) is 5.75 Å². The number of ether oxygens (including phenoxy) is 1. The number of ketones is 1. The van der Waals surface area contributed by atoms with Gasteiger partial charge in [0.25, 0.3) is 0 Å². The standard InChI is InChI=1S/C16H22N2O3/c1-12(19)9-14-6-4-8-18(14)11-16(20)17-13-5-3-7-15(10-13)21-2/h3,5,7,10,14H,4,6,8-9,11H2,1-2H3,(H,17,20). The molecule has 5 heteroatoms. The molecule has 2 rings (SSSR count). The van der Waals surface area contributed by atoms with Crippen molar-refractivity contribution in [1.29, 1.82) is 0 Å². The van der Waals surface area contributed by atoms with Crippen molar-refractivity contribution in [2.45, 2.75) is 32.2 Å². The molecular formula is C16H22N2O3. The number of anilines is 1. The van der Waals surface area contributed by atoms with E-state index in [0.717, 1.165) is 25.1 Å². The summed E-state index contributed by atoms with van der Waals surface area (Å²) in [5.74, 6) is 0.835. The molecule has 1 atom stereocenters.